The van der Waals surface area contributed by atoms with Gasteiger partial charge in [0.25, 0.3) is 0 Å². The maximum atomic E-state index is 12.7. The van der Waals surface area contributed by atoms with Crippen LogP contribution in [0.15, 0.2) is 57.7 Å². The first-order valence-electron chi connectivity index (χ1n) is 6.28. The Labute approximate surface area is 122 Å². The summed E-state index contributed by atoms with van der Waals surface area (Å²) >= 11 is 0. The molecule has 0 bridgehead atoms. The predicted molar refractivity (Wildman–Crippen MR) is 75.0 cm³/mol. The molecule has 1 aromatic heterocycles. The summed E-state index contributed by atoms with van der Waals surface area (Å²) in [6, 6.07) is 11.3. The van der Waals surface area contributed by atoms with E-state index in [1.54, 1.807) is 30.3 Å². The average molecular weight is 306 g/mol. The van der Waals surface area contributed by atoms with Crippen LogP contribution in [0, 0.1) is 0 Å². The van der Waals surface area contributed by atoms with E-state index < -0.39 is 17.4 Å². The van der Waals surface area contributed by atoms with Crippen LogP contribution in [0.25, 0.3) is 10.9 Å². The van der Waals surface area contributed by atoms with Crippen molar-refractivity contribution in [3.63, 3.8) is 0 Å². The standard InChI is InChI=1S/C15H9F3N2O2/c16-15(17,18)9-6-7-11-12(8-9)20-14(22-13(11)21)19-10-4-2-1-3-5-10/h1-8H,(H,19,20). The van der Waals surface area contributed by atoms with Crippen molar-refractivity contribution in [2.24, 2.45) is 0 Å². The second-order valence-electron chi connectivity index (χ2n) is 4.53. The van der Waals surface area contributed by atoms with E-state index in [0.29, 0.717) is 5.69 Å². The molecule has 4 nitrogen and oxygen atoms in total. The minimum atomic E-state index is -4.50. The summed E-state index contributed by atoms with van der Waals surface area (Å²) in [5.41, 5.74) is -1.10. The average Bonchev–Trinajstić information content (AvgIpc) is 2.47. The fourth-order valence-corrected chi connectivity index (χ4v) is 1.95. The molecule has 1 heterocycles. The van der Waals surface area contributed by atoms with Crippen molar-refractivity contribution in [1.82, 2.24) is 4.98 Å². The zero-order chi connectivity index (χ0) is 15.7. The molecule has 0 aliphatic heterocycles. The van der Waals surface area contributed by atoms with Gasteiger partial charge in [0.15, 0.2) is 0 Å². The van der Waals surface area contributed by atoms with Gasteiger partial charge >= 0.3 is 17.8 Å². The molecule has 3 aromatic rings. The van der Waals surface area contributed by atoms with Crippen LogP contribution in [0.1, 0.15) is 5.56 Å². The highest BCUT2D eigenvalue weighted by atomic mass is 19.4. The summed E-state index contributed by atoms with van der Waals surface area (Å²) in [4.78, 5) is 15.8. The lowest BCUT2D eigenvalue weighted by Crippen LogP contribution is -2.08. The molecule has 0 amide bonds. The maximum absolute atomic E-state index is 12.7. The van der Waals surface area contributed by atoms with Crippen molar-refractivity contribution in [2.45, 2.75) is 6.18 Å². The molecular weight excluding hydrogens is 297 g/mol. The van der Waals surface area contributed by atoms with Crippen LogP contribution in [0.2, 0.25) is 0 Å². The number of hydrogen-bond acceptors (Lipinski definition) is 4. The van der Waals surface area contributed by atoms with E-state index in [1.807, 2.05) is 0 Å². The molecule has 0 radical (unpaired) electrons. The molecule has 0 saturated carbocycles. The number of aromatic nitrogens is 1. The lowest BCUT2D eigenvalue weighted by atomic mass is 10.1. The number of alkyl halides is 3. The number of fused-ring (bicyclic) bond motifs is 1. The first-order valence-corrected chi connectivity index (χ1v) is 6.28. The highest BCUT2D eigenvalue weighted by Gasteiger charge is 2.30. The van der Waals surface area contributed by atoms with Crippen LogP contribution in [-0.4, -0.2) is 4.98 Å². The number of nitrogens with zero attached hydrogens (tertiary/aromatic N) is 1. The van der Waals surface area contributed by atoms with Crippen LogP contribution in [0.5, 0.6) is 0 Å². The molecule has 0 spiro atoms. The summed E-state index contributed by atoms with van der Waals surface area (Å²) in [7, 11) is 0. The Hall–Kier alpha value is -2.83. The second kappa shape index (κ2) is 5.18. The van der Waals surface area contributed by atoms with E-state index >= 15 is 0 Å². The minimum Gasteiger partial charge on any atom is -0.388 e. The SMILES string of the molecule is O=c1oc(Nc2ccccc2)nc2cc(C(F)(F)F)ccc12. The molecule has 0 aliphatic rings. The second-order valence-corrected chi connectivity index (χ2v) is 4.53. The van der Waals surface area contributed by atoms with Crippen LogP contribution in [0.3, 0.4) is 0 Å². The number of hydrogen-bond donors (Lipinski definition) is 1. The fourth-order valence-electron chi connectivity index (χ4n) is 1.95. The Balaban J connectivity index is 2.08. The van der Waals surface area contributed by atoms with Gasteiger partial charge < -0.3 is 9.73 Å². The third-order valence-electron chi connectivity index (χ3n) is 2.98. The van der Waals surface area contributed by atoms with Crippen LogP contribution in [0.4, 0.5) is 24.9 Å². The van der Waals surface area contributed by atoms with E-state index in [2.05, 4.69) is 10.3 Å². The Morgan fingerprint density at radius 3 is 2.45 bits per heavy atom. The van der Waals surface area contributed by atoms with Crippen molar-refractivity contribution in [3.8, 4) is 0 Å². The van der Waals surface area contributed by atoms with Crippen LogP contribution >= 0.6 is 0 Å². The fraction of sp³-hybridized carbons (Fsp3) is 0.0667. The molecule has 0 aliphatic carbocycles. The number of anilines is 2. The van der Waals surface area contributed by atoms with Crippen LogP contribution in [-0.2, 0) is 6.18 Å². The van der Waals surface area contributed by atoms with E-state index in [1.165, 1.54) is 0 Å². The number of benzene rings is 2. The molecule has 3 rings (SSSR count). The zero-order valence-corrected chi connectivity index (χ0v) is 11.0. The third-order valence-corrected chi connectivity index (χ3v) is 2.98. The number of para-hydroxylation sites is 1. The van der Waals surface area contributed by atoms with E-state index in [9.17, 15) is 18.0 Å². The zero-order valence-electron chi connectivity index (χ0n) is 11.0. The lowest BCUT2D eigenvalue weighted by Gasteiger charge is -2.08. The number of rotatable bonds is 2. The monoisotopic (exact) mass is 306 g/mol. The van der Waals surface area contributed by atoms with Crippen LogP contribution < -0.4 is 10.9 Å². The Kier molecular flexibility index (Phi) is 3.32. The van der Waals surface area contributed by atoms with E-state index in [0.717, 1.165) is 18.2 Å². The highest BCUT2D eigenvalue weighted by Crippen LogP contribution is 2.30. The minimum absolute atomic E-state index is 0.00777. The molecule has 112 valence electrons. The van der Waals surface area contributed by atoms with Crippen molar-refractivity contribution < 1.29 is 17.6 Å². The molecule has 2 aromatic carbocycles. The van der Waals surface area contributed by atoms with Gasteiger partial charge in [0.05, 0.1) is 16.5 Å². The van der Waals surface area contributed by atoms with Gasteiger partial charge in [-0.3, -0.25) is 0 Å². The largest absolute Gasteiger partial charge is 0.416 e. The lowest BCUT2D eigenvalue weighted by molar-refractivity contribution is -0.137. The first-order chi connectivity index (χ1) is 10.4. The van der Waals surface area contributed by atoms with Gasteiger partial charge in [-0.15, -0.1) is 0 Å². The molecule has 0 fully saturated rings. The molecule has 1 N–H and O–H groups in total. The predicted octanol–water partition coefficient (Wildman–Crippen LogP) is 3.95. The summed E-state index contributed by atoms with van der Waals surface area (Å²) in [6.45, 7) is 0. The van der Waals surface area contributed by atoms with Crippen molar-refractivity contribution >= 4 is 22.6 Å². The summed E-state index contributed by atoms with van der Waals surface area (Å²) in [5.74, 6) is 0. The van der Waals surface area contributed by atoms with Gasteiger partial charge in [-0.05, 0) is 30.3 Å². The maximum Gasteiger partial charge on any atom is 0.416 e. The summed E-state index contributed by atoms with van der Waals surface area (Å²) in [6.07, 6.45) is -4.50. The summed E-state index contributed by atoms with van der Waals surface area (Å²) in [5, 5.41) is 2.73. The normalized spacial score (nSPS) is 11.6. The van der Waals surface area contributed by atoms with Gasteiger partial charge in [0, 0.05) is 5.69 Å². The van der Waals surface area contributed by atoms with Crippen molar-refractivity contribution in [1.29, 1.82) is 0 Å². The number of halogens is 3. The van der Waals surface area contributed by atoms with Gasteiger partial charge in [0.1, 0.15) is 0 Å². The van der Waals surface area contributed by atoms with Crippen molar-refractivity contribution in [2.75, 3.05) is 5.32 Å². The van der Waals surface area contributed by atoms with Crippen molar-refractivity contribution in [3.05, 3.63) is 64.5 Å². The smallest absolute Gasteiger partial charge is 0.388 e. The molecule has 0 unspecified atom stereocenters. The first kappa shape index (κ1) is 14.1. The summed E-state index contributed by atoms with van der Waals surface area (Å²) < 4.78 is 43.1. The Bertz CT molecular complexity index is 873. The molecule has 22 heavy (non-hydrogen) atoms. The van der Waals surface area contributed by atoms with Gasteiger partial charge in [-0.1, -0.05) is 18.2 Å². The van der Waals surface area contributed by atoms with Gasteiger partial charge in [-0.2, -0.15) is 18.2 Å². The molecule has 7 heteroatoms. The van der Waals surface area contributed by atoms with E-state index in [-0.39, 0.29) is 16.9 Å². The van der Waals surface area contributed by atoms with E-state index in [4.69, 9.17) is 4.42 Å². The molecular formula is C15H9F3N2O2. The van der Waals surface area contributed by atoms with Gasteiger partial charge in [0.2, 0.25) is 0 Å². The topological polar surface area (TPSA) is 55.1 Å². The van der Waals surface area contributed by atoms with Gasteiger partial charge in [-0.25, -0.2) is 4.79 Å². The number of nitrogens with one attached hydrogen (secondary N) is 1. The molecule has 0 saturated heterocycles. The Morgan fingerprint density at radius 1 is 1.05 bits per heavy atom. The Morgan fingerprint density at radius 2 is 1.77 bits per heavy atom. The quantitative estimate of drug-likeness (QED) is 0.779. The highest BCUT2D eigenvalue weighted by molar-refractivity contribution is 5.79. The molecule has 0 atom stereocenters. The third kappa shape index (κ3) is 2.78.